The molecule has 31 heavy (non-hydrogen) atoms. The molecule has 170 valence electrons. The van der Waals surface area contributed by atoms with Crippen LogP contribution in [-0.4, -0.2) is 68.3 Å². The third-order valence-electron chi connectivity index (χ3n) is 5.28. The van der Waals surface area contributed by atoms with Gasteiger partial charge in [0.05, 0.1) is 12.2 Å². The molecule has 0 saturated carbocycles. The Kier molecular flexibility index (Phi) is 9.74. The van der Waals surface area contributed by atoms with Gasteiger partial charge in [-0.05, 0) is 50.7 Å². The summed E-state index contributed by atoms with van der Waals surface area (Å²) in [5.74, 6) is -0.638. The number of hydrogen-bond donors (Lipinski definition) is 1. The van der Waals surface area contributed by atoms with E-state index in [1.54, 1.807) is 25.9 Å². The number of nitrogens with zero attached hydrogens (tertiary/aromatic N) is 2. The lowest BCUT2D eigenvalue weighted by molar-refractivity contribution is 0.0387. The average molecular weight is 494 g/mol. The van der Waals surface area contributed by atoms with Gasteiger partial charge >= 0.3 is 5.97 Å². The summed E-state index contributed by atoms with van der Waals surface area (Å²) in [5.41, 5.74) is 2.80. The van der Waals surface area contributed by atoms with Crippen LogP contribution in [0.4, 0.5) is 5.69 Å². The second kappa shape index (κ2) is 12.0. The molecule has 1 amide bonds. The summed E-state index contributed by atoms with van der Waals surface area (Å²) < 4.78 is 11.1. The summed E-state index contributed by atoms with van der Waals surface area (Å²) in [5, 5.41) is 0. The average Bonchev–Trinajstić information content (AvgIpc) is 3.05. The van der Waals surface area contributed by atoms with Crippen LogP contribution in [0, 0.1) is 13.8 Å². The first-order valence-corrected chi connectivity index (χ1v) is 11.3. The maximum absolute atomic E-state index is 13.6. The van der Waals surface area contributed by atoms with Crippen LogP contribution in [0.3, 0.4) is 0 Å². The fourth-order valence-corrected chi connectivity index (χ4v) is 3.86. The minimum Gasteiger partial charge on any atom is -0.460 e. The van der Waals surface area contributed by atoms with Crippen molar-refractivity contribution < 1.29 is 19.1 Å². The topological polar surface area (TPSA) is 74.9 Å². The number of hydrogen-bond acceptors (Lipinski definition) is 5. The largest absolute Gasteiger partial charge is 0.460 e. The van der Waals surface area contributed by atoms with Gasteiger partial charge in [0.2, 0.25) is 0 Å². The highest BCUT2D eigenvalue weighted by molar-refractivity contribution is 9.10. The number of benzene rings is 1. The summed E-state index contributed by atoms with van der Waals surface area (Å²) in [4.78, 5) is 33.3. The van der Waals surface area contributed by atoms with E-state index in [1.165, 1.54) is 0 Å². The first-order valence-electron chi connectivity index (χ1n) is 10.5. The molecular weight excluding hydrogens is 462 g/mol. The van der Waals surface area contributed by atoms with Crippen LogP contribution in [0.5, 0.6) is 0 Å². The van der Waals surface area contributed by atoms with Gasteiger partial charge in [-0.15, -0.1) is 0 Å². The van der Waals surface area contributed by atoms with Crippen molar-refractivity contribution in [2.45, 2.75) is 27.7 Å². The Labute approximate surface area is 192 Å². The molecule has 0 spiro atoms. The smallest absolute Gasteiger partial charge is 0.340 e. The Morgan fingerprint density at radius 2 is 1.81 bits per heavy atom. The van der Waals surface area contributed by atoms with Gasteiger partial charge in [-0.3, -0.25) is 4.79 Å². The minimum absolute atomic E-state index is 0.163. The lowest BCUT2D eigenvalue weighted by atomic mass is 10.1. The molecule has 2 rings (SSSR count). The zero-order chi connectivity index (χ0) is 23.0. The van der Waals surface area contributed by atoms with Crippen molar-refractivity contribution >= 4 is 33.5 Å². The summed E-state index contributed by atoms with van der Waals surface area (Å²) in [6.45, 7) is 11.3. The summed E-state index contributed by atoms with van der Waals surface area (Å²) in [6, 6.07) is 7.67. The zero-order valence-corrected chi connectivity index (χ0v) is 20.5. The number of nitrogens with one attached hydrogen (secondary N) is 1. The van der Waals surface area contributed by atoms with Gasteiger partial charge in [0.15, 0.2) is 0 Å². The molecule has 1 heterocycles. The number of aromatic amines is 1. The van der Waals surface area contributed by atoms with Crippen molar-refractivity contribution in [1.29, 1.82) is 0 Å². The Morgan fingerprint density at radius 3 is 2.42 bits per heavy atom. The number of H-pyrrole nitrogens is 1. The highest BCUT2D eigenvalue weighted by atomic mass is 79.9. The molecule has 0 aliphatic heterocycles. The van der Waals surface area contributed by atoms with E-state index in [0.717, 1.165) is 29.8 Å². The number of aryl methyl sites for hydroxylation is 1. The van der Waals surface area contributed by atoms with Crippen LogP contribution in [0.25, 0.3) is 0 Å². The van der Waals surface area contributed by atoms with Gasteiger partial charge in [-0.25, -0.2) is 4.79 Å². The molecule has 0 atom stereocenters. The molecular formula is C23H32BrN3O4. The number of carbonyl (C=O) groups excluding carboxylic acids is 2. The maximum atomic E-state index is 13.6. The molecule has 0 aliphatic carbocycles. The van der Waals surface area contributed by atoms with E-state index >= 15 is 0 Å². The molecule has 0 fully saturated rings. The van der Waals surface area contributed by atoms with Gasteiger partial charge in [0, 0.05) is 36.1 Å². The molecule has 2 aromatic rings. The van der Waals surface area contributed by atoms with Crippen LogP contribution in [0.2, 0.25) is 0 Å². The monoisotopic (exact) mass is 493 g/mol. The van der Waals surface area contributed by atoms with Crippen molar-refractivity contribution in [3.05, 3.63) is 51.3 Å². The third kappa shape index (κ3) is 6.41. The van der Waals surface area contributed by atoms with Crippen LogP contribution in [0.1, 0.15) is 46.0 Å². The number of carbonyl (C=O) groups is 2. The first-order chi connectivity index (χ1) is 14.8. The van der Waals surface area contributed by atoms with E-state index in [9.17, 15) is 9.59 Å². The van der Waals surface area contributed by atoms with E-state index in [0.29, 0.717) is 35.7 Å². The Bertz CT molecular complexity index is 893. The standard InChI is InChI=1S/C23H32BrN3O4/c1-6-26(7-2)11-12-27(19-10-8-9-18(24)15-19)22(28)21-16(3)20(17(4)25-21)23(29)31-14-13-30-5/h8-10,15,25H,6-7,11-14H2,1-5H3. The number of anilines is 1. The predicted molar refractivity (Wildman–Crippen MR) is 126 cm³/mol. The fraction of sp³-hybridized carbons (Fsp3) is 0.478. The van der Waals surface area contributed by atoms with Gasteiger partial charge in [-0.1, -0.05) is 35.8 Å². The summed E-state index contributed by atoms with van der Waals surface area (Å²) in [7, 11) is 1.55. The second-order valence-corrected chi connectivity index (χ2v) is 8.13. The van der Waals surface area contributed by atoms with Gasteiger partial charge < -0.3 is 24.3 Å². The number of ether oxygens (including phenoxy) is 2. The highest BCUT2D eigenvalue weighted by Crippen LogP contribution is 2.25. The molecule has 8 heteroatoms. The number of halogens is 1. The minimum atomic E-state index is -0.459. The SMILES string of the molecule is CCN(CC)CCN(C(=O)c1[nH]c(C)c(C(=O)OCCOC)c1C)c1cccc(Br)c1. The van der Waals surface area contributed by atoms with Crippen LogP contribution in [0.15, 0.2) is 28.7 Å². The number of likely N-dealkylation sites (N-methyl/N-ethyl adjacent to an activating group) is 1. The van der Waals surface area contributed by atoms with Crippen molar-refractivity contribution in [3.63, 3.8) is 0 Å². The third-order valence-corrected chi connectivity index (χ3v) is 5.77. The number of rotatable bonds is 11. The molecule has 0 saturated heterocycles. The van der Waals surface area contributed by atoms with E-state index in [-0.39, 0.29) is 12.5 Å². The van der Waals surface area contributed by atoms with Gasteiger partial charge in [-0.2, -0.15) is 0 Å². The van der Waals surface area contributed by atoms with Crippen molar-refractivity contribution in [2.75, 3.05) is 51.4 Å². The zero-order valence-electron chi connectivity index (χ0n) is 19.0. The van der Waals surface area contributed by atoms with E-state index in [2.05, 4.69) is 39.7 Å². The Morgan fingerprint density at radius 1 is 1.10 bits per heavy atom. The van der Waals surface area contributed by atoms with Gasteiger partial charge in [0.1, 0.15) is 12.3 Å². The van der Waals surface area contributed by atoms with Gasteiger partial charge in [0.25, 0.3) is 5.91 Å². The molecule has 0 bridgehead atoms. The lowest BCUT2D eigenvalue weighted by Gasteiger charge is -2.27. The van der Waals surface area contributed by atoms with Crippen molar-refractivity contribution in [2.24, 2.45) is 0 Å². The van der Waals surface area contributed by atoms with Crippen LogP contribution < -0.4 is 4.90 Å². The van der Waals surface area contributed by atoms with Crippen LogP contribution >= 0.6 is 15.9 Å². The quantitative estimate of drug-likeness (QED) is 0.375. The van der Waals surface area contributed by atoms with Crippen molar-refractivity contribution in [3.8, 4) is 0 Å². The summed E-state index contributed by atoms with van der Waals surface area (Å²) >= 11 is 3.49. The molecule has 1 aromatic carbocycles. The predicted octanol–water partition coefficient (Wildman–Crippen LogP) is 4.19. The molecule has 1 N–H and O–H groups in total. The lowest BCUT2D eigenvalue weighted by Crippen LogP contribution is -2.39. The molecule has 0 aliphatic rings. The first kappa shape index (κ1) is 25.1. The Hall–Kier alpha value is -2.16. The molecule has 0 unspecified atom stereocenters. The van der Waals surface area contributed by atoms with E-state index in [4.69, 9.17) is 9.47 Å². The molecule has 1 aromatic heterocycles. The van der Waals surface area contributed by atoms with E-state index < -0.39 is 5.97 Å². The fourth-order valence-electron chi connectivity index (χ4n) is 3.47. The summed E-state index contributed by atoms with van der Waals surface area (Å²) in [6.07, 6.45) is 0. The highest BCUT2D eigenvalue weighted by Gasteiger charge is 2.27. The van der Waals surface area contributed by atoms with E-state index in [1.807, 2.05) is 24.3 Å². The Balaban J connectivity index is 2.35. The number of aromatic nitrogens is 1. The van der Waals surface area contributed by atoms with Crippen LogP contribution in [-0.2, 0) is 9.47 Å². The molecule has 7 nitrogen and oxygen atoms in total. The van der Waals surface area contributed by atoms with Crippen molar-refractivity contribution in [1.82, 2.24) is 9.88 Å². The molecule has 0 radical (unpaired) electrons. The normalized spacial score (nSPS) is 11.1. The second-order valence-electron chi connectivity index (χ2n) is 7.22. The number of methoxy groups -OCH3 is 1. The number of esters is 1. The maximum Gasteiger partial charge on any atom is 0.340 e. The number of amides is 1.